The van der Waals surface area contributed by atoms with Crippen molar-refractivity contribution in [3.63, 3.8) is 0 Å². The molecule has 3 nitrogen and oxygen atoms in total. The fourth-order valence-electron chi connectivity index (χ4n) is 2.31. The Hall–Kier alpha value is -0.570. The Morgan fingerprint density at radius 3 is 2.43 bits per heavy atom. The zero-order chi connectivity index (χ0) is 10.7. The first-order chi connectivity index (χ1) is 6.54. The summed E-state index contributed by atoms with van der Waals surface area (Å²) in [6.07, 6.45) is 1.43. The third-order valence-corrected chi connectivity index (χ3v) is 3.30. The van der Waals surface area contributed by atoms with Crippen molar-refractivity contribution >= 4 is 5.97 Å². The quantitative estimate of drug-likeness (QED) is 0.751. The van der Waals surface area contributed by atoms with E-state index in [0.717, 1.165) is 19.5 Å². The molecule has 1 rings (SSSR count). The maximum absolute atomic E-state index is 10.7. The van der Waals surface area contributed by atoms with Crippen LogP contribution in [0.2, 0.25) is 0 Å². The van der Waals surface area contributed by atoms with Crippen LogP contribution in [0.4, 0.5) is 0 Å². The van der Waals surface area contributed by atoms with Gasteiger partial charge in [0.1, 0.15) is 0 Å². The number of rotatable bonds is 4. The van der Waals surface area contributed by atoms with Gasteiger partial charge >= 0.3 is 5.97 Å². The van der Waals surface area contributed by atoms with Crippen LogP contribution in [0.5, 0.6) is 0 Å². The molecule has 0 aromatic heterocycles. The van der Waals surface area contributed by atoms with Crippen molar-refractivity contribution in [3.8, 4) is 0 Å². The molecule has 82 valence electrons. The van der Waals surface area contributed by atoms with Crippen LogP contribution in [0.3, 0.4) is 0 Å². The minimum Gasteiger partial charge on any atom is -0.481 e. The van der Waals surface area contributed by atoms with Crippen molar-refractivity contribution in [1.82, 2.24) is 4.90 Å². The van der Waals surface area contributed by atoms with Crippen molar-refractivity contribution in [2.75, 3.05) is 13.1 Å². The Labute approximate surface area is 86.1 Å². The lowest BCUT2D eigenvalue weighted by atomic mass is 9.91. The van der Waals surface area contributed by atoms with E-state index in [9.17, 15) is 4.79 Å². The van der Waals surface area contributed by atoms with Gasteiger partial charge in [0.15, 0.2) is 0 Å². The first-order valence-corrected chi connectivity index (χ1v) is 5.50. The van der Waals surface area contributed by atoms with Crippen LogP contribution in [-0.4, -0.2) is 35.1 Å². The summed E-state index contributed by atoms with van der Waals surface area (Å²) in [5.41, 5.74) is 0. The van der Waals surface area contributed by atoms with Gasteiger partial charge in [0.05, 0.1) is 0 Å². The molecule has 0 bridgehead atoms. The number of carboxylic acid groups (broad SMARTS) is 1. The monoisotopic (exact) mass is 199 g/mol. The Kier molecular flexibility index (Phi) is 3.93. The zero-order valence-corrected chi connectivity index (χ0v) is 9.36. The minimum absolute atomic E-state index is 0.335. The first-order valence-electron chi connectivity index (χ1n) is 5.50. The van der Waals surface area contributed by atoms with Crippen molar-refractivity contribution in [3.05, 3.63) is 0 Å². The van der Waals surface area contributed by atoms with Crippen LogP contribution in [0.15, 0.2) is 0 Å². The van der Waals surface area contributed by atoms with Gasteiger partial charge < -0.3 is 10.0 Å². The molecule has 0 aliphatic carbocycles. The van der Waals surface area contributed by atoms with Crippen molar-refractivity contribution < 1.29 is 9.90 Å². The summed E-state index contributed by atoms with van der Waals surface area (Å²) in [6, 6.07) is 0.544. The van der Waals surface area contributed by atoms with Gasteiger partial charge in [-0.25, -0.2) is 0 Å². The number of hydrogen-bond acceptors (Lipinski definition) is 2. The van der Waals surface area contributed by atoms with Crippen LogP contribution in [-0.2, 0) is 4.79 Å². The molecule has 0 spiro atoms. The molecule has 0 saturated carbocycles. The van der Waals surface area contributed by atoms with E-state index in [1.807, 2.05) is 0 Å². The van der Waals surface area contributed by atoms with Gasteiger partial charge in [-0.15, -0.1) is 0 Å². The minimum atomic E-state index is -0.654. The van der Waals surface area contributed by atoms with E-state index in [2.05, 4.69) is 25.7 Å². The molecule has 1 fully saturated rings. The number of hydrogen-bond donors (Lipinski definition) is 1. The van der Waals surface area contributed by atoms with Gasteiger partial charge in [-0.1, -0.05) is 13.3 Å². The lowest BCUT2D eigenvalue weighted by Gasteiger charge is -2.19. The van der Waals surface area contributed by atoms with Crippen molar-refractivity contribution in [1.29, 1.82) is 0 Å². The predicted molar refractivity (Wildman–Crippen MR) is 56.2 cm³/mol. The molecule has 2 unspecified atom stereocenters. The Morgan fingerprint density at radius 1 is 1.43 bits per heavy atom. The van der Waals surface area contributed by atoms with E-state index in [1.165, 1.54) is 0 Å². The molecule has 1 aliphatic heterocycles. The Balaban J connectivity index is 2.53. The number of likely N-dealkylation sites (tertiary alicyclic amines) is 1. The molecule has 1 N–H and O–H groups in total. The number of aliphatic carboxylic acids is 1. The maximum Gasteiger partial charge on any atom is 0.303 e. The summed E-state index contributed by atoms with van der Waals surface area (Å²) in [6.45, 7) is 8.55. The smallest absolute Gasteiger partial charge is 0.303 e. The van der Waals surface area contributed by atoms with E-state index < -0.39 is 5.97 Å². The summed E-state index contributed by atoms with van der Waals surface area (Å²) >= 11 is 0. The van der Waals surface area contributed by atoms with Crippen LogP contribution in [0.25, 0.3) is 0 Å². The molecule has 14 heavy (non-hydrogen) atoms. The molecule has 1 heterocycles. The highest BCUT2D eigenvalue weighted by Crippen LogP contribution is 2.29. The molecular formula is C11H21NO2. The summed E-state index contributed by atoms with van der Waals surface area (Å²) < 4.78 is 0. The average Bonchev–Trinajstić information content (AvgIpc) is 2.46. The number of carboxylic acids is 1. The average molecular weight is 199 g/mol. The van der Waals surface area contributed by atoms with Gasteiger partial charge in [0.25, 0.3) is 0 Å². The highest BCUT2D eigenvalue weighted by atomic mass is 16.4. The second-order valence-electron chi connectivity index (χ2n) is 4.57. The third kappa shape index (κ3) is 2.71. The number of nitrogens with zero attached hydrogens (tertiary/aromatic N) is 1. The Bertz CT molecular complexity index is 203. The maximum atomic E-state index is 10.7. The molecule has 1 aliphatic rings. The molecule has 3 heteroatoms. The van der Waals surface area contributed by atoms with Gasteiger partial charge in [-0.3, -0.25) is 4.79 Å². The largest absolute Gasteiger partial charge is 0.481 e. The van der Waals surface area contributed by atoms with E-state index in [-0.39, 0.29) is 0 Å². The zero-order valence-electron chi connectivity index (χ0n) is 9.36. The molecular weight excluding hydrogens is 178 g/mol. The third-order valence-electron chi connectivity index (χ3n) is 3.30. The van der Waals surface area contributed by atoms with Crippen LogP contribution >= 0.6 is 0 Å². The summed E-state index contributed by atoms with van der Waals surface area (Å²) in [5.74, 6) is 0.285. The fraction of sp³-hybridized carbons (Fsp3) is 0.909. The standard InChI is InChI=1S/C11H21NO2/c1-4-9-6-12(8(2)3)7-10(9)5-11(13)14/h8-10H,4-7H2,1-3H3,(H,13,14). The Morgan fingerprint density at radius 2 is 2.00 bits per heavy atom. The van der Waals surface area contributed by atoms with E-state index >= 15 is 0 Å². The molecule has 0 radical (unpaired) electrons. The first kappa shape index (κ1) is 11.5. The van der Waals surface area contributed by atoms with Gasteiger partial charge in [-0.05, 0) is 25.7 Å². The van der Waals surface area contributed by atoms with Gasteiger partial charge in [0.2, 0.25) is 0 Å². The summed E-state index contributed by atoms with van der Waals surface area (Å²) in [5, 5.41) is 8.79. The molecule has 0 aromatic carbocycles. The van der Waals surface area contributed by atoms with Crippen molar-refractivity contribution in [2.24, 2.45) is 11.8 Å². The number of carbonyl (C=O) groups is 1. The highest BCUT2D eigenvalue weighted by Gasteiger charge is 2.33. The second kappa shape index (κ2) is 4.78. The SMILES string of the molecule is CCC1CN(C(C)C)CC1CC(=O)O. The van der Waals surface area contributed by atoms with E-state index in [1.54, 1.807) is 0 Å². The van der Waals surface area contributed by atoms with E-state index in [0.29, 0.717) is 24.3 Å². The van der Waals surface area contributed by atoms with Crippen LogP contribution in [0, 0.1) is 11.8 Å². The van der Waals surface area contributed by atoms with Crippen LogP contribution in [0.1, 0.15) is 33.6 Å². The summed E-state index contributed by atoms with van der Waals surface area (Å²) in [4.78, 5) is 13.1. The van der Waals surface area contributed by atoms with Gasteiger partial charge in [-0.2, -0.15) is 0 Å². The highest BCUT2D eigenvalue weighted by molar-refractivity contribution is 5.67. The van der Waals surface area contributed by atoms with Gasteiger partial charge in [0, 0.05) is 25.6 Å². The second-order valence-corrected chi connectivity index (χ2v) is 4.57. The normalized spacial score (nSPS) is 28.6. The molecule has 0 aromatic rings. The fourth-order valence-corrected chi connectivity index (χ4v) is 2.31. The molecule has 2 atom stereocenters. The summed E-state index contributed by atoms with van der Waals surface area (Å²) in [7, 11) is 0. The topological polar surface area (TPSA) is 40.5 Å². The van der Waals surface area contributed by atoms with E-state index in [4.69, 9.17) is 5.11 Å². The predicted octanol–water partition coefficient (Wildman–Crippen LogP) is 1.83. The molecule has 0 amide bonds. The lowest BCUT2D eigenvalue weighted by molar-refractivity contribution is -0.138. The lowest BCUT2D eigenvalue weighted by Crippen LogP contribution is -2.28. The van der Waals surface area contributed by atoms with Crippen LogP contribution < -0.4 is 0 Å². The molecule has 1 saturated heterocycles. The van der Waals surface area contributed by atoms with Crippen molar-refractivity contribution in [2.45, 2.75) is 39.7 Å².